The summed E-state index contributed by atoms with van der Waals surface area (Å²) in [4.78, 5) is 20.9. The lowest BCUT2D eigenvalue weighted by atomic mass is 9.97. The van der Waals surface area contributed by atoms with E-state index in [1.54, 1.807) is 11.3 Å². The summed E-state index contributed by atoms with van der Waals surface area (Å²) < 4.78 is 7.81. The van der Waals surface area contributed by atoms with E-state index < -0.39 is 0 Å². The molecule has 0 spiro atoms. The highest BCUT2D eigenvalue weighted by molar-refractivity contribution is 7.18. The number of rotatable bonds is 7. The summed E-state index contributed by atoms with van der Waals surface area (Å²) in [5, 5.41) is 0.848. The molecule has 0 saturated carbocycles. The standard InChI is InChI=1S/C27H28N2O2S/c1-2-19-13-15-21(16-14-19)31-18-8-17-29-25(20-9-4-3-5-10-20)28-26-24(27(29)30)22-11-6-7-12-23(22)32-26/h3-5,9-10,13-16H,2,6-8,11-12,17-18H2,1H3. The number of thiophene rings is 1. The summed E-state index contributed by atoms with van der Waals surface area (Å²) >= 11 is 1.71. The Kier molecular flexibility index (Phi) is 6.08. The van der Waals surface area contributed by atoms with Crippen molar-refractivity contribution < 1.29 is 4.74 Å². The molecule has 5 rings (SSSR count). The van der Waals surface area contributed by atoms with Gasteiger partial charge in [0.05, 0.1) is 12.0 Å². The molecule has 0 radical (unpaired) electrons. The van der Waals surface area contributed by atoms with E-state index >= 15 is 0 Å². The minimum absolute atomic E-state index is 0.0977. The van der Waals surface area contributed by atoms with E-state index in [0.717, 1.165) is 59.5 Å². The average molecular weight is 445 g/mol. The summed E-state index contributed by atoms with van der Waals surface area (Å²) in [6, 6.07) is 18.3. The Morgan fingerprint density at radius 2 is 1.81 bits per heavy atom. The van der Waals surface area contributed by atoms with E-state index in [1.165, 1.54) is 22.4 Å². The highest BCUT2D eigenvalue weighted by atomic mass is 32.1. The molecule has 0 bridgehead atoms. The molecule has 5 heteroatoms. The average Bonchev–Trinajstić information content (AvgIpc) is 3.22. The summed E-state index contributed by atoms with van der Waals surface area (Å²) in [5.74, 6) is 1.63. The van der Waals surface area contributed by atoms with Gasteiger partial charge >= 0.3 is 0 Å². The predicted molar refractivity (Wildman–Crippen MR) is 132 cm³/mol. The topological polar surface area (TPSA) is 44.1 Å². The summed E-state index contributed by atoms with van der Waals surface area (Å²) in [6.45, 7) is 3.29. The third-order valence-electron chi connectivity index (χ3n) is 6.23. The molecule has 1 aliphatic carbocycles. The number of hydrogen-bond acceptors (Lipinski definition) is 4. The van der Waals surface area contributed by atoms with E-state index in [2.05, 4.69) is 19.1 Å². The molecule has 2 aromatic heterocycles. The largest absolute Gasteiger partial charge is 0.494 e. The van der Waals surface area contributed by atoms with Crippen molar-refractivity contribution >= 4 is 21.6 Å². The molecular formula is C27H28N2O2S. The second-order valence-corrected chi connectivity index (χ2v) is 9.43. The van der Waals surface area contributed by atoms with Crippen LogP contribution in [0.5, 0.6) is 5.75 Å². The van der Waals surface area contributed by atoms with Gasteiger partial charge in [-0.1, -0.05) is 49.4 Å². The molecule has 0 atom stereocenters. The lowest BCUT2D eigenvalue weighted by Gasteiger charge is -2.14. The second kappa shape index (κ2) is 9.29. The Bertz CT molecular complexity index is 1270. The first-order valence-corrected chi connectivity index (χ1v) is 12.4. The van der Waals surface area contributed by atoms with Crippen LogP contribution in [0.1, 0.15) is 42.2 Å². The summed E-state index contributed by atoms with van der Waals surface area (Å²) in [6.07, 6.45) is 6.19. The van der Waals surface area contributed by atoms with Crippen molar-refractivity contribution in [3.8, 4) is 17.1 Å². The molecule has 0 unspecified atom stereocenters. The molecule has 2 heterocycles. The first-order chi connectivity index (χ1) is 15.7. The van der Waals surface area contributed by atoms with Crippen molar-refractivity contribution in [1.29, 1.82) is 0 Å². The van der Waals surface area contributed by atoms with Crippen LogP contribution < -0.4 is 10.3 Å². The molecular weight excluding hydrogens is 416 g/mol. The number of aromatic nitrogens is 2. The van der Waals surface area contributed by atoms with Crippen molar-refractivity contribution in [1.82, 2.24) is 9.55 Å². The van der Waals surface area contributed by atoms with Crippen LogP contribution in [-0.4, -0.2) is 16.2 Å². The van der Waals surface area contributed by atoms with Crippen LogP contribution in [0.15, 0.2) is 59.4 Å². The minimum atomic E-state index is 0.0977. The maximum absolute atomic E-state index is 13.7. The molecule has 0 aliphatic heterocycles. The van der Waals surface area contributed by atoms with E-state index in [4.69, 9.17) is 9.72 Å². The maximum Gasteiger partial charge on any atom is 0.262 e. The number of aryl methyl sites for hydroxylation is 3. The Labute approximate surface area is 192 Å². The molecule has 32 heavy (non-hydrogen) atoms. The van der Waals surface area contributed by atoms with Gasteiger partial charge in [-0.15, -0.1) is 11.3 Å². The van der Waals surface area contributed by atoms with Gasteiger partial charge in [0.1, 0.15) is 16.4 Å². The number of fused-ring (bicyclic) bond motifs is 3. The quantitative estimate of drug-likeness (QED) is 0.327. The molecule has 0 fully saturated rings. The highest BCUT2D eigenvalue weighted by Crippen LogP contribution is 2.34. The third kappa shape index (κ3) is 4.09. The van der Waals surface area contributed by atoms with E-state index in [9.17, 15) is 4.79 Å². The Morgan fingerprint density at radius 1 is 1.03 bits per heavy atom. The first-order valence-electron chi connectivity index (χ1n) is 11.6. The molecule has 0 amide bonds. The molecule has 2 aromatic carbocycles. The van der Waals surface area contributed by atoms with Crippen LogP contribution in [-0.2, 0) is 25.8 Å². The zero-order chi connectivity index (χ0) is 21.9. The van der Waals surface area contributed by atoms with Crippen molar-refractivity contribution in [2.45, 2.75) is 52.0 Å². The maximum atomic E-state index is 13.7. The lowest BCUT2D eigenvalue weighted by Crippen LogP contribution is -2.25. The summed E-state index contributed by atoms with van der Waals surface area (Å²) in [7, 11) is 0. The van der Waals surface area contributed by atoms with Crippen molar-refractivity contribution in [2.75, 3.05) is 6.61 Å². The molecule has 164 valence electrons. The number of ether oxygens (including phenoxy) is 1. The number of nitrogens with zero attached hydrogens (tertiary/aromatic N) is 2. The summed E-state index contributed by atoms with van der Waals surface area (Å²) in [5.41, 5.74) is 3.62. The van der Waals surface area contributed by atoms with Crippen LogP contribution >= 0.6 is 11.3 Å². The molecule has 1 aliphatic rings. The fourth-order valence-corrected chi connectivity index (χ4v) is 5.74. The fourth-order valence-electron chi connectivity index (χ4n) is 4.49. The van der Waals surface area contributed by atoms with Gasteiger partial charge in [0.2, 0.25) is 0 Å². The van der Waals surface area contributed by atoms with Gasteiger partial charge in [-0.3, -0.25) is 9.36 Å². The Morgan fingerprint density at radius 3 is 2.59 bits per heavy atom. The van der Waals surface area contributed by atoms with Crippen LogP contribution in [0.4, 0.5) is 0 Å². The predicted octanol–water partition coefficient (Wildman–Crippen LogP) is 6.04. The number of hydrogen-bond donors (Lipinski definition) is 0. The van der Waals surface area contributed by atoms with Gasteiger partial charge in [-0.2, -0.15) is 0 Å². The monoisotopic (exact) mass is 444 g/mol. The van der Waals surface area contributed by atoms with Crippen molar-refractivity contribution in [3.63, 3.8) is 0 Å². The molecule has 4 aromatic rings. The zero-order valence-electron chi connectivity index (χ0n) is 18.5. The van der Waals surface area contributed by atoms with Gasteiger partial charge in [0, 0.05) is 17.0 Å². The van der Waals surface area contributed by atoms with E-state index in [-0.39, 0.29) is 5.56 Å². The number of benzene rings is 2. The van der Waals surface area contributed by atoms with Gasteiger partial charge in [-0.05, 0) is 61.8 Å². The smallest absolute Gasteiger partial charge is 0.262 e. The molecule has 4 nitrogen and oxygen atoms in total. The second-order valence-electron chi connectivity index (χ2n) is 8.35. The molecule has 0 N–H and O–H groups in total. The van der Waals surface area contributed by atoms with Crippen LogP contribution in [0.3, 0.4) is 0 Å². The van der Waals surface area contributed by atoms with Crippen LogP contribution in [0.25, 0.3) is 21.6 Å². The fraction of sp³-hybridized carbons (Fsp3) is 0.333. The third-order valence-corrected chi connectivity index (χ3v) is 7.42. The normalized spacial score (nSPS) is 13.3. The Balaban J connectivity index is 1.44. The SMILES string of the molecule is CCc1ccc(OCCCn2c(-c3ccccc3)nc3sc4c(c3c2=O)CCCC4)cc1. The van der Waals surface area contributed by atoms with Crippen LogP contribution in [0.2, 0.25) is 0 Å². The van der Waals surface area contributed by atoms with Gasteiger partial charge in [0.15, 0.2) is 0 Å². The van der Waals surface area contributed by atoms with Crippen LogP contribution in [0, 0.1) is 0 Å². The van der Waals surface area contributed by atoms with Crippen molar-refractivity contribution in [3.05, 3.63) is 81.0 Å². The van der Waals surface area contributed by atoms with Gasteiger partial charge < -0.3 is 4.74 Å². The first kappa shape index (κ1) is 21.0. The Hall–Kier alpha value is -2.92. The lowest BCUT2D eigenvalue weighted by molar-refractivity contribution is 0.301. The zero-order valence-corrected chi connectivity index (χ0v) is 19.3. The highest BCUT2D eigenvalue weighted by Gasteiger charge is 2.22. The van der Waals surface area contributed by atoms with E-state index in [1.807, 2.05) is 47.0 Å². The van der Waals surface area contributed by atoms with Gasteiger partial charge in [-0.25, -0.2) is 4.98 Å². The minimum Gasteiger partial charge on any atom is -0.494 e. The van der Waals surface area contributed by atoms with E-state index in [0.29, 0.717) is 13.2 Å². The molecule has 0 saturated heterocycles. The van der Waals surface area contributed by atoms with Gasteiger partial charge in [0.25, 0.3) is 5.56 Å². The van der Waals surface area contributed by atoms with Crippen molar-refractivity contribution in [2.24, 2.45) is 0 Å².